The number of hydrogen-bond donors (Lipinski definition) is 1. The van der Waals surface area contributed by atoms with E-state index in [-0.39, 0.29) is 15.7 Å². The zero-order chi connectivity index (χ0) is 10.7. The number of alkyl halides is 2. The summed E-state index contributed by atoms with van der Waals surface area (Å²) >= 11 is 11.3. The van der Waals surface area contributed by atoms with Crippen LogP contribution in [0.5, 0.6) is 0 Å². The van der Waals surface area contributed by atoms with Gasteiger partial charge in [0.1, 0.15) is 0 Å². The SMILES string of the molecule is NC(=Nc1cccc(Cl)c1Cl)C(F)F. The average molecular weight is 239 g/mol. The van der Waals surface area contributed by atoms with Crippen molar-refractivity contribution in [3.8, 4) is 0 Å². The zero-order valence-corrected chi connectivity index (χ0v) is 8.36. The van der Waals surface area contributed by atoms with Crippen LogP contribution in [0.15, 0.2) is 23.2 Å². The van der Waals surface area contributed by atoms with Gasteiger partial charge in [-0.15, -0.1) is 0 Å². The Kier molecular flexibility index (Phi) is 3.66. The van der Waals surface area contributed by atoms with Crippen LogP contribution in [0.3, 0.4) is 0 Å². The molecular weight excluding hydrogens is 233 g/mol. The molecule has 0 aliphatic carbocycles. The number of halogens is 4. The van der Waals surface area contributed by atoms with Gasteiger partial charge in [-0.05, 0) is 12.1 Å². The lowest BCUT2D eigenvalue weighted by Gasteiger charge is -2.02. The van der Waals surface area contributed by atoms with Crippen LogP contribution >= 0.6 is 23.2 Å². The lowest BCUT2D eigenvalue weighted by Crippen LogP contribution is -2.20. The number of amidine groups is 1. The lowest BCUT2D eigenvalue weighted by atomic mass is 10.3. The molecule has 0 aliphatic heterocycles. The van der Waals surface area contributed by atoms with Crippen molar-refractivity contribution in [2.45, 2.75) is 6.43 Å². The Bertz CT molecular complexity index is 366. The van der Waals surface area contributed by atoms with Gasteiger partial charge in [0.2, 0.25) is 0 Å². The molecule has 0 heterocycles. The molecule has 6 heteroatoms. The molecule has 14 heavy (non-hydrogen) atoms. The summed E-state index contributed by atoms with van der Waals surface area (Å²) in [6.45, 7) is 0. The molecule has 76 valence electrons. The fourth-order valence-corrected chi connectivity index (χ4v) is 1.10. The van der Waals surface area contributed by atoms with Crippen molar-refractivity contribution in [1.29, 1.82) is 0 Å². The van der Waals surface area contributed by atoms with E-state index in [9.17, 15) is 8.78 Å². The second-order valence-corrected chi connectivity index (χ2v) is 3.20. The van der Waals surface area contributed by atoms with Gasteiger partial charge in [-0.25, -0.2) is 13.8 Å². The van der Waals surface area contributed by atoms with Gasteiger partial charge >= 0.3 is 0 Å². The highest BCUT2D eigenvalue weighted by atomic mass is 35.5. The van der Waals surface area contributed by atoms with Crippen molar-refractivity contribution in [3.05, 3.63) is 28.2 Å². The first-order valence-corrected chi connectivity index (χ1v) is 4.34. The highest BCUT2D eigenvalue weighted by Gasteiger charge is 2.10. The van der Waals surface area contributed by atoms with Crippen LogP contribution in [0.2, 0.25) is 10.0 Å². The largest absolute Gasteiger partial charge is 0.382 e. The Labute approximate surface area is 89.3 Å². The van der Waals surface area contributed by atoms with Crippen LogP contribution in [0.4, 0.5) is 14.5 Å². The number of nitrogens with zero attached hydrogens (tertiary/aromatic N) is 1. The fourth-order valence-electron chi connectivity index (χ4n) is 0.767. The molecule has 2 nitrogen and oxygen atoms in total. The van der Waals surface area contributed by atoms with E-state index < -0.39 is 12.3 Å². The Morgan fingerprint density at radius 2 is 2.00 bits per heavy atom. The molecule has 0 atom stereocenters. The summed E-state index contributed by atoms with van der Waals surface area (Å²) in [6.07, 6.45) is -2.80. The number of rotatable bonds is 2. The maximum absolute atomic E-state index is 12.0. The van der Waals surface area contributed by atoms with Crippen LogP contribution in [0.1, 0.15) is 0 Å². The second kappa shape index (κ2) is 4.57. The molecule has 0 spiro atoms. The molecule has 2 N–H and O–H groups in total. The van der Waals surface area contributed by atoms with E-state index in [0.29, 0.717) is 0 Å². The molecule has 0 amide bonds. The minimum Gasteiger partial charge on any atom is -0.382 e. The van der Waals surface area contributed by atoms with Crippen molar-refractivity contribution >= 4 is 34.7 Å². The number of hydrogen-bond acceptors (Lipinski definition) is 1. The molecule has 1 rings (SSSR count). The normalized spacial score (nSPS) is 12.2. The van der Waals surface area contributed by atoms with E-state index in [0.717, 1.165) is 0 Å². The Morgan fingerprint density at radius 3 is 2.57 bits per heavy atom. The van der Waals surface area contributed by atoms with Gasteiger partial charge in [0, 0.05) is 0 Å². The fraction of sp³-hybridized carbons (Fsp3) is 0.125. The maximum Gasteiger partial charge on any atom is 0.294 e. The third-order valence-corrected chi connectivity index (χ3v) is 2.21. The topological polar surface area (TPSA) is 38.4 Å². The molecule has 0 saturated carbocycles. The number of nitrogens with two attached hydrogens (primary N) is 1. The van der Waals surface area contributed by atoms with E-state index in [4.69, 9.17) is 28.9 Å². The number of benzene rings is 1. The van der Waals surface area contributed by atoms with E-state index in [1.807, 2.05) is 0 Å². The van der Waals surface area contributed by atoms with Crippen molar-refractivity contribution in [2.75, 3.05) is 0 Å². The molecule has 0 aliphatic rings. The molecule has 0 aromatic heterocycles. The summed E-state index contributed by atoms with van der Waals surface area (Å²) in [7, 11) is 0. The quantitative estimate of drug-likeness (QED) is 0.624. The minimum absolute atomic E-state index is 0.109. The van der Waals surface area contributed by atoms with Gasteiger partial charge in [0.05, 0.1) is 15.7 Å². The van der Waals surface area contributed by atoms with Crippen LogP contribution in [-0.4, -0.2) is 12.3 Å². The lowest BCUT2D eigenvalue weighted by molar-refractivity contribution is 0.224. The van der Waals surface area contributed by atoms with Gasteiger partial charge in [-0.2, -0.15) is 0 Å². The molecule has 0 bridgehead atoms. The van der Waals surface area contributed by atoms with Crippen molar-refractivity contribution in [3.63, 3.8) is 0 Å². The molecule has 0 fully saturated rings. The molecular formula is C8H6Cl2F2N2. The van der Waals surface area contributed by atoms with Crippen LogP contribution in [0.25, 0.3) is 0 Å². The Morgan fingerprint density at radius 1 is 1.36 bits per heavy atom. The summed E-state index contributed by atoms with van der Waals surface area (Å²) in [4.78, 5) is 3.45. The van der Waals surface area contributed by atoms with E-state index >= 15 is 0 Å². The molecule has 0 unspecified atom stereocenters. The van der Waals surface area contributed by atoms with Gasteiger partial charge in [-0.1, -0.05) is 29.3 Å². The predicted molar refractivity (Wildman–Crippen MR) is 53.7 cm³/mol. The summed E-state index contributed by atoms with van der Waals surface area (Å²) in [5, 5.41) is 0.354. The smallest absolute Gasteiger partial charge is 0.294 e. The molecule has 1 aromatic rings. The molecule has 0 radical (unpaired) electrons. The van der Waals surface area contributed by atoms with Crippen molar-refractivity contribution in [1.82, 2.24) is 0 Å². The Hall–Kier alpha value is -0.870. The monoisotopic (exact) mass is 238 g/mol. The summed E-state index contributed by atoms with van der Waals surface area (Å²) in [5.41, 5.74) is 5.10. The van der Waals surface area contributed by atoms with Gasteiger partial charge in [0.15, 0.2) is 5.84 Å². The number of aliphatic imine (C=N–C) groups is 1. The first kappa shape index (κ1) is 11.2. The van der Waals surface area contributed by atoms with Gasteiger partial charge < -0.3 is 5.73 Å². The van der Waals surface area contributed by atoms with E-state index in [1.165, 1.54) is 12.1 Å². The second-order valence-electron chi connectivity index (χ2n) is 2.41. The van der Waals surface area contributed by atoms with Gasteiger partial charge in [0.25, 0.3) is 6.43 Å². The van der Waals surface area contributed by atoms with E-state index in [1.54, 1.807) is 6.07 Å². The van der Waals surface area contributed by atoms with Crippen LogP contribution in [0, 0.1) is 0 Å². The minimum atomic E-state index is -2.80. The predicted octanol–water partition coefficient (Wildman–Crippen LogP) is 3.25. The summed E-state index contributed by atoms with van der Waals surface area (Å²) < 4.78 is 24.0. The Balaban J connectivity index is 3.09. The first-order chi connectivity index (χ1) is 6.52. The molecule has 1 aromatic carbocycles. The van der Waals surface area contributed by atoms with Gasteiger partial charge in [-0.3, -0.25) is 0 Å². The average Bonchev–Trinajstić information content (AvgIpc) is 2.12. The summed E-state index contributed by atoms with van der Waals surface area (Å²) in [6, 6.07) is 4.52. The van der Waals surface area contributed by atoms with E-state index in [2.05, 4.69) is 4.99 Å². The van der Waals surface area contributed by atoms with Crippen molar-refractivity contribution in [2.24, 2.45) is 10.7 Å². The first-order valence-electron chi connectivity index (χ1n) is 3.58. The third-order valence-electron chi connectivity index (χ3n) is 1.40. The van der Waals surface area contributed by atoms with Crippen LogP contribution < -0.4 is 5.73 Å². The van der Waals surface area contributed by atoms with Crippen LogP contribution in [-0.2, 0) is 0 Å². The summed E-state index contributed by atoms with van der Waals surface area (Å²) in [5.74, 6) is -0.783. The highest BCUT2D eigenvalue weighted by molar-refractivity contribution is 6.43. The highest BCUT2D eigenvalue weighted by Crippen LogP contribution is 2.31. The zero-order valence-electron chi connectivity index (χ0n) is 6.85. The standard InChI is InChI=1S/C8H6Cl2F2N2/c9-4-2-1-3-5(6(4)10)14-8(13)7(11)12/h1-3,7H,(H2,13,14). The van der Waals surface area contributed by atoms with Crippen molar-refractivity contribution < 1.29 is 8.78 Å². The molecule has 0 saturated heterocycles. The maximum atomic E-state index is 12.0. The third kappa shape index (κ3) is 2.56.